The van der Waals surface area contributed by atoms with Crippen molar-refractivity contribution in [2.75, 3.05) is 17.7 Å². The number of amides is 1. The number of carbonyl (C=O) groups is 1. The molecule has 1 atom stereocenters. The molecule has 1 aliphatic rings. The Balaban J connectivity index is 1.39. The summed E-state index contributed by atoms with van der Waals surface area (Å²) in [6.45, 7) is 3.06. The molecule has 0 aliphatic carbocycles. The number of hydrogen-bond donors (Lipinski definition) is 1. The number of carbonyl (C=O) groups excluding carboxylic acids is 1. The number of aromatic nitrogens is 2. The van der Waals surface area contributed by atoms with Crippen LogP contribution in [0, 0.1) is 0 Å². The average molecular weight is 395 g/mol. The number of fused-ring (bicyclic) bond motifs is 1. The van der Waals surface area contributed by atoms with Gasteiger partial charge < -0.3 is 14.8 Å². The lowest BCUT2D eigenvalue weighted by Crippen LogP contribution is -2.33. The van der Waals surface area contributed by atoms with Gasteiger partial charge in [-0.15, -0.1) is 11.8 Å². The molecule has 1 amide bonds. The van der Waals surface area contributed by atoms with Crippen molar-refractivity contribution in [1.82, 2.24) is 9.78 Å². The van der Waals surface area contributed by atoms with E-state index in [0.29, 0.717) is 24.4 Å². The minimum atomic E-state index is -0.139. The SMILES string of the molecule is CCSc1ccccc1C(=O)Nc1cnn(C[C@@H]2COc3ccccc3O2)c1. The number of hydrogen-bond acceptors (Lipinski definition) is 5. The van der Waals surface area contributed by atoms with E-state index in [9.17, 15) is 4.79 Å². The first-order chi connectivity index (χ1) is 13.7. The minimum absolute atomic E-state index is 0.137. The predicted octanol–water partition coefficient (Wildman–Crippen LogP) is 4.09. The highest BCUT2D eigenvalue weighted by Gasteiger charge is 2.21. The molecule has 0 radical (unpaired) electrons. The van der Waals surface area contributed by atoms with E-state index in [0.717, 1.165) is 22.1 Å². The molecule has 7 heteroatoms. The van der Waals surface area contributed by atoms with Crippen LogP contribution in [0.2, 0.25) is 0 Å². The van der Waals surface area contributed by atoms with E-state index >= 15 is 0 Å². The third kappa shape index (κ3) is 4.14. The zero-order valence-electron chi connectivity index (χ0n) is 15.5. The summed E-state index contributed by atoms with van der Waals surface area (Å²) in [6, 6.07) is 15.2. The van der Waals surface area contributed by atoms with E-state index in [1.54, 1.807) is 28.8 Å². The molecule has 0 saturated heterocycles. The summed E-state index contributed by atoms with van der Waals surface area (Å²) in [5, 5.41) is 7.26. The Morgan fingerprint density at radius 3 is 2.86 bits per heavy atom. The quantitative estimate of drug-likeness (QED) is 0.637. The molecule has 2 aromatic carbocycles. The number of nitrogens with one attached hydrogen (secondary N) is 1. The highest BCUT2D eigenvalue weighted by atomic mass is 32.2. The molecule has 0 saturated carbocycles. The zero-order chi connectivity index (χ0) is 19.3. The van der Waals surface area contributed by atoms with Crippen molar-refractivity contribution in [3.63, 3.8) is 0 Å². The largest absolute Gasteiger partial charge is 0.486 e. The fourth-order valence-electron chi connectivity index (χ4n) is 3.02. The molecule has 6 nitrogen and oxygen atoms in total. The third-order valence-electron chi connectivity index (χ3n) is 4.28. The van der Waals surface area contributed by atoms with Gasteiger partial charge in [-0.1, -0.05) is 31.2 Å². The summed E-state index contributed by atoms with van der Waals surface area (Å²) >= 11 is 1.65. The fraction of sp³-hybridized carbons (Fsp3) is 0.238. The topological polar surface area (TPSA) is 65.4 Å². The van der Waals surface area contributed by atoms with Gasteiger partial charge in [0.05, 0.1) is 24.0 Å². The summed E-state index contributed by atoms with van der Waals surface area (Å²) in [5.74, 6) is 2.27. The molecular weight excluding hydrogens is 374 g/mol. The van der Waals surface area contributed by atoms with Crippen molar-refractivity contribution in [1.29, 1.82) is 0 Å². The molecule has 1 aromatic heterocycles. The molecule has 1 aliphatic heterocycles. The van der Waals surface area contributed by atoms with Crippen LogP contribution in [0.15, 0.2) is 65.8 Å². The van der Waals surface area contributed by atoms with Crippen LogP contribution in [0.25, 0.3) is 0 Å². The number of thioether (sulfide) groups is 1. The number of rotatable bonds is 6. The molecule has 0 bridgehead atoms. The van der Waals surface area contributed by atoms with E-state index in [2.05, 4.69) is 17.3 Å². The monoisotopic (exact) mass is 395 g/mol. The predicted molar refractivity (Wildman–Crippen MR) is 109 cm³/mol. The average Bonchev–Trinajstić information content (AvgIpc) is 3.15. The molecular formula is C21H21N3O3S. The summed E-state index contributed by atoms with van der Waals surface area (Å²) < 4.78 is 13.5. The fourth-order valence-corrected chi connectivity index (χ4v) is 3.83. The Morgan fingerprint density at radius 2 is 2.00 bits per heavy atom. The van der Waals surface area contributed by atoms with E-state index in [1.165, 1.54) is 0 Å². The van der Waals surface area contributed by atoms with Crippen molar-refractivity contribution in [2.45, 2.75) is 24.5 Å². The number of anilines is 1. The maximum atomic E-state index is 12.6. The van der Waals surface area contributed by atoms with Gasteiger partial charge in [0.1, 0.15) is 6.61 Å². The van der Waals surface area contributed by atoms with Crippen molar-refractivity contribution in [3.8, 4) is 11.5 Å². The summed E-state index contributed by atoms with van der Waals surface area (Å²) in [4.78, 5) is 13.6. The molecule has 0 spiro atoms. The molecule has 3 aromatic rings. The first kappa shape index (κ1) is 18.4. The van der Waals surface area contributed by atoms with Gasteiger partial charge in [0.25, 0.3) is 5.91 Å². The molecule has 2 heterocycles. The van der Waals surface area contributed by atoms with Gasteiger partial charge >= 0.3 is 0 Å². The lowest BCUT2D eigenvalue weighted by Gasteiger charge is -2.26. The third-order valence-corrected chi connectivity index (χ3v) is 5.24. The van der Waals surface area contributed by atoms with E-state index in [1.807, 2.05) is 48.5 Å². The van der Waals surface area contributed by atoms with Crippen LogP contribution in [0.1, 0.15) is 17.3 Å². The molecule has 28 heavy (non-hydrogen) atoms. The Kier molecular flexibility index (Phi) is 5.53. The number of ether oxygens (including phenoxy) is 2. The normalized spacial score (nSPS) is 15.2. The van der Waals surface area contributed by atoms with Crippen LogP contribution in [0.5, 0.6) is 11.5 Å². The highest BCUT2D eigenvalue weighted by Crippen LogP contribution is 2.31. The van der Waals surface area contributed by atoms with Crippen LogP contribution in [-0.2, 0) is 6.54 Å². The molecule has 144 valence electrons. The summed E-state index contributed by atoms with van der Waals surface area (Å²) in [6.07, 6.45) is 3.31. The van der Waals surface area contributed by atoms with Crippen molar-refractivity contribution >= 4 is 23.4 Å². The second kappa shape index (κ2) is 8.39. The van der Waals surface area contributed by atoms with E-state index in [-0.39, 0.29) is 12.0 Å². The smallest absolute Gasteiger partial charge is 0.256 e. The van der Waals surface area contributed by atoms with Gasteiger partial charge in [0, 0.05) is 11.1 Å². The van der Waals surface area contributed by atoms with Crippen molar-refractivity contribution in [3.05, 3.63) is 66.5 Å². The molecule has 0 unspecified atom stereocenters. The Hall–Kier alpha value is -2.93. The maximum absolute atomic E-state index is 12.6. The first-order valence-corrected chi connectivity index (χ1v) is 10.2. The van der Waals surface area contributed by atoms with Crippen LogP contribution < -0.4 is 14.8 Å². The first-order valence-electron chi connectivity index (χ1n) is 9.17. The zero-order valence-corrected chi connectivity index (χ0v) is 16.3. The lowest BCUT2D eigenvalue weighted by atomic mass is 10.2. The van der Waals surface area contributed by atoms with Crippen molar-refractivity contribution < 1.29 is 14.3 Å². The van der Waals surface area contributed by atoms with Crippen LogP contribution >= 0.6 is 11.8 Å². The number of benzene rings is 2. The highest BCUT2D eigenvalue weighted by molar-refractivity contribution is 7.99. The Labute approximate surface area is 167 Å². The number of nitrogens with zero attached hydrogens (tertiary/aromatic N) is 2. The standard InChI is InChI=1S/C21H21N3O3S/c1-2-28-20-10-6-3-7-17(20)21(25)23-15-11-22-24(12-15)13-16-14-26-18-8-4-5-9-19(18)27-16/h3-12,16H,2,13-14H2,1H3,(H,23,25)/t16-/m1/s1. The van der Waals surface area contributed by atoms with Crippen LogP contribution in [0.3, 0.4) is 0 Å². The summed E-state index contributed by atoms with van der Waals surface area (Å²) in [5.41, 5.74) is 1.32. The van der Waals surface area contributed by atoms with Crippen molar-refractivity contribution in [2.24, 2.45) is 0 Å². The van der Waals surface area contributed by atoms with Gasteiger partial charge in [0.2, 0.25) is 0 Å². The van der Waals surface area contributed by atoms with Gasteiger partial charge in [0.15, 0.2) is 17.6 Å². The van der Waals surface area contributed by atoms with E-state index in [4.69, 9.17) is 9.47 Å². The van der Waals surface area contributed by atoms with Gasteiger partial charge in [-0.25, -0.2) is 0 Å². The van der Waals surface area contributed by atoms with Crippen LogP contribution in [0.4, 0.5) is 5.69 Å². The van der Waals surface area contributed by atoms with E-state index < -0.39 is 0 Å². The van der Waals surface area contributed by atoms with Gasteiger partial charge in [-0.2, -0.15) is 5.10 Å². The maximum Gasteiger partial charge on any atom is 0.256 e. The molecule has 0 fully saturated rings. The van der Waals surface area contributed by atoms with Gasteiger partial charge in [-0.3, -0.25) is 9.48 Å². The minimum Gasteiger partial charge on any atom is -0.486 e. The molecule has 4 rings (SSSR count). The number of para-hydroxylation sites is 2. The lowest BCUT2D eigenvalue weighted by molar-refractivity contribution is 0.0759. The summed E-state index contributed by atoms with van der Waals surface area (Å²) in [7, 11) is 0. The molecule has 1 N–H and O–H groups in total. The van der Waals surface area contributed by atoms with Gasteiger partial charge in [-0.05, 0) is 30.0 Å². The Bertz CT molecular complexity index is 973. The Morgan fingerprint density at radius 1 is 1.21 bits per heavy atom. The second-order valence-corrected chi connectivity index (χ2v) is 7.64. The second-order valence-electron chi connectivity index (χ2n) is 6.33. The van der Waals surface area contributed by atoms with Crippen LogP contribution in [-0.4, -0.2) is 34.2 Å².